The third kappa shape index (κ3) is 2.38. The second kappa shape index (κ2) is 5.61. The summed E-state index contributed by atoms with van der Waals surface area (Å²) in [6.07, 6.45) is 1.17. The number of primary amides is 1. The molecule has 0 bridgehead atoms. The molecular weight excluding hydrogens is 276 g/mol. The molecule has 8 heteroatoms. The van der Waals surface area contributed by atoms with Gasteiger partial charge in [-0.3, -0.25) is 14.4 Å². The number of nitrogens with two attached hydrogens (primary N) is 2. The van der Waals surface area contributed by atoms with Crippen molar-refractivity contribution in [3.8, 4) is 0 Å². The van der Waals surface area contributed by atoms with Crippen LogP contribution in [0.5, 0.6) is 0 Å². The molecule has 0 aromatic carbocycles. The third-order valence-corrected chi connectivity index (χ3v) is 4.39. The molecular formula is C13H22N4O4. The molecule has 118 valence electrons. The molecule has 0 radical (unpaired) electrons. The van der Waals surface area contributed by atoms with Crippen LogP contribution < -0.4 is 11.5 Å². The average Bonchev–Trinajstić information content (AvgIpc) is 2.45. The minimum atomic E-state index is -1.06. The highest BCUT2D eigenvalue weighted by molar-refractivity contribution is 6.00. The van der Waals surface area contributed by atoms with E-state index in [0.29, 0.717) is 13.0 Å². The number of hydrogen-bond acceptors (Lipinski definition) is 5. The quantitative estimate of drug-likeness (QED) is 0.506. The maximum Gasteiger partial charge on any atom is 0.251 e. The molecule has 2 saturated heterocycles. The van der Waals surface area contributed by atoms with Gasteiger partial charge < -0.3 is 26.4 Å². The van der Waals surface area contributed by atoms with Gasteiger partial charge in [0.15, 0.2) is 0 Å². The third-order valence-electron chi connectivity index (χ3n) is 4.39. The molecule has 21 heavy (non-hydrogen) atoms. The Labute approximate surface area is 123 Å². The van der Waals surface area contributed by atoms with Gasteiger partial charge in [0, 0.05) is 6.54 Å². The molecule has 0 aliphatic carbocycles. The van der Waals surface area contributed by atoms with Crippen molar-refractivity contribution in [2.45, 2.75) is 43.9 Å². The average molecular weight is 298 g/mol. The van der Waals surface area contributed by atoms with Gasteiger partial charge in [0.1, 0.15) is 11.6 Å². The first-order valence-corrected chi connectivity index (χ1v) is 7.14. The van der Waals surface area contributed by atoms with Crippen molar-refractivity contribution in [3.05, 3.63) is 0 Å². The number of amides is 3. The van der Waals surface area contributed by atoms with Crippen LogP contribution in [-0.2, 0) is 14.4 Å². The van der Waals surface area contributed by atoms with Gasteiger partial charge in [0.2, 0.25) is 11.8 Å². The first-order chi connectivity index (χ1) is 9.85. The van der Waals surface area contributed by atoms with Crippen molar-refractivity contribution in [1.82, 2.24) is 9.80 Å². The topological polar surface area (TPSA) is 130 Å². The van der Waals surface area contributed by atoms with E-state index in [2.05, 4.69) is 0 Å². The number of β-lactam (4-membered cyclic amide) rings is 1. The van der Waals surface area contributed by atoms with Crippen molar-refractivity contribution in [3.63, 3.8) is 0 Å². The fourth-order valence-electron chi connectivity index (χ4n) is 3.37. The van der Waals surface area contributed by atoms with Gasteiger partial charge in [0.05, 0.1) is 19.2 Å². The van der Waals surface area contributed by atoms with Gasteiger partial charge in [0.25, 0.3) is 5.91 Å². The zero-order valence-corrected chi connectivity index (χ0v) is 12.1. The van der Waals surface area contributed by atoms with Crippen molar-refractivity contribution >= 4 is 17.7 Å². The summed E-state index contributed by atoms with van der Waals surface area (Å²) in [5.41, 5.74) is 9.76. The number of rotatable bonds is 4. The smallest absolute Gasteiger partial charge is 0.251 e. The lowest BCUT2D eigenvalue weighted by Crippen LogP contribution is -2.79. The lowest BCUT2D eigenvalue weighted by Gasteiger charge is -2.58. The van der Waals surface area contributed by atoms with Gasteiger partial charge >= 0.3 is 0 Å². The van der Waals surface area contributed by atoms with Crippen LogP contribution in [-0.4, -0.2) is 69.9 Å². The van der Waals surface area contributed by atoms with Crippen LogP contribution in [0, 0.1) is 0 Å². The highest BCUT2D eigenvalue weighted by atomic mass is 16.3. The summed E-state index contributed by atoms with van der Waals surface area (Å²) < 4.78 is 0. The number of carbonyl (C=O) groups excluding carboxylic acids is 3. The van der Waals surface area contributed by atoms with Gasteiger partial charge in [-0.1, -0.05) is 0 Å². The maximum atomic E-state index is 12.6. The molecule has 2 heterocycles. The predicted molar refractivity (Wildman–Crippen MR) is 73.7 cm³/mol. The molecule has 3 atom stereocenters. The van der Waals surface area contributed by atoms with Gasteiger partial charge in [-0.25, -0.2) is 0 Å². The van der Waals surface area contributed by atoms with Crippen LogP contribution in [0.15, 0.2) is 0 Å². The molecule has 3 amide bonds. The largest absolute Gasteiger partial charge is 0.391 e. The van der Waals surface area contributed by atoms with Crippen molar-refractivity contribution in [2.75, 3.05) is 19.6 Å². The molecule has 0 saturated carbocycles. The predicted octanol–water partition coefficient (Wildman–Crippen LogP) is -2.23. The van der Waals surface area contributed by atoms with E-state index in [0.717, 1.165) is 12.8 Å². The maximum absolute atomic E-state index is 12.6. The first-order valence-electron chi connectivity index (χ1n) is 7.14. The zero-order valence-electron chi connectivity index (χ0n) is 12.1. The van der Waals surface area contributed by atoms with E-state index in [-0.39, 0.29) is 24.9 Å². The number of likely N-dealkylation sites (tertiary alicyclic amines) is 2. The zero-order chi connectivity index (χ0) is 15.8. The fraction of sp³-hybridized carbons (Fsp3) is 0.769. The Morgan fingerprint density at radius 1 is 1.43 bits per heavy atom. The van der Waals surface area contributed by atoms with Crippen LogP contribution in [0.25, 0.3) is 0 Å². The Hall–Kier alpha value is -1.67. The number of aliphatic hydroxyl groups is 1. The highest BCUT2D eigenvalue weighted by Gasteiger charge is 2.60. The summed E-state index contributed by atoms with van der Waals surface area (Å²) in [4.78, 5) is 38.8. The first kappa shape index (κ1) is 15.7. The van der Waals surface area contributed by atoms with Crippen LogP contribution in [0.1, 0.15) is 26.2 Å². The minimum absolute atomic E-state index is 0.148. The lowest BCUT2D eigenvalue weighted by molar-refractivity contribution is -0.183. The Kier molecular flexibility index (Phi) is 4.20. The molecule has 0 aromatic rings. The van der Waals surface area contributed by atoms with Crippen LogP contribution in [0.2, 0.25) is 0 Å². The normalized spacial score (nSPS) is 28.2. The van der Waals surface area contributed by atoms with E-state index in [4.69, 9.17) is 11.5 Å². The van der Waals surface area contributed by atoms with Crippen LogP contribution >= 0.6 is 0 Å². The minimum Gasteiger partial charge on any atom is -0.391 e. The monoisotopic (exact) mass is 298 g/mol. The summed E-state index contributed by atoms with van der Waals surface area (Å²) >= 11 is 0. The summed E-state index contributed by atoms with van der Waals surface area (Å²) in [7, 11) is 0. The second-order valence-electron chi connectivity index (χ2n) is 5.76. The number of nitrogens with zero attached hydrogens (tertiary/aromatic N) is 2. The Bertz CT molecular complexity index is 467. The van der Waals surface area contributed by atoms with E-state index < -0.39 is 23.6 Å². The summed E-state index contributed by atoms with van der Waals surface area (Å²) in [6, 6.07) is -1.06. The van der Waals surface area contributed by atoms with E-state index >= 15 is 0 Å². The number of piperidine rings is 1. The summed E-state index contributed by atoms with van der Waals surface area (Å²) in [5, 5.41) is 9.65. The summed E-state index contributed by atoms with van der Waals surface area (Å²) in [6.45, 7) is 1.98. The van der Waals surface area contributed by atoms with Crippen LogP contribution in [0.3, 0.4) is 0 Å². The number of carbonyl (C=O) groups is 3. The molecule has 2 rings (SSSR count). The van der Waals surface area contributed by atoms with Crippen LogP contribution in [0.4, 0.5) is 0 Å². The fourth-order valence-corrected chi connectivity index (χ4v) is 3.37. The standard InChI is InChI=1S/C13H22N4O4/c1-8(18)10(11(15)20)16-7-13(12(16)21)4-2-3-5-17(13)9(19)6-14/h8,10,18H,2-7,14H2,1H3,(H2,15,20)/t8-,10+,13?/m1/s1. The Morgan fingerprint density at radius 3 is 2.57 bits per heavy atom. The molecule has 2 aliphatic heterocycles. The van der Waals surface area contributed by atoms with E-state index in [9.17, 15) is 19.5 Å². The molecule has 8 nitrogen and oxygen atoms in total. The van der Waals surface area contributed by atoms with Gasteiger partial charge in [-0.05, 0) is 26.2 Å². The Morgan fingerprint density at radius 2 is 2.10 bits per heavy atom. The SMILES string of the molecule is C[C@@H](O)[C@@H](C(N)=O)N1CC2(CCCCN2C(=O)CN)C1=O. The Balaban J connectivity index is 2.21. The van der Waals surface area contributed by atoms with Gasteiger partial charge in [-0.15, -0.1) is 0 Å². The van der Waals surface area contributed by atoms with Gasteiger partial charge in [-0.2, -0.15) is 0 Å². The van der Waals surface area contributed by atoms with E-state index in [1.807, 2.05) is 0 Å². The van der Waals surface area contributed by atoms with E-state index in [1.165, 1.54) is 16.7 Å². The lowest BCUT2D eigenvalue weighted by atomic mass is 9.77. The molecule has 1 unspecified atom stereocenters. The van der Waals surface area contributed by atoms with Crippen molar-refractivity contribution < 1.29 is 19.5 Å². The molecule has 0 aromatic heterocycles. The number of aliphatic hydroxyl groups excluding tert-OH is 1. The van der Waals surface area contributed by atoms with E-state index in [1.54, 1.807) is 0 Å². The summed E-state index contributed by atoms with van der Waals surface area (Å²) in [5.74, 6) is -1.34. The molecule has 2 fully saturated rings. The number of hydrogen-bond donors (Lipinski definition) is 3. The molecule has 5 N–H and O–H groups in total. The molecule has 2 aliphatic rings. The second-order valence-corrected chi connectivity index (χ2v) is 5.76. The van der Waals surface area contributed by atoms with Crippen molar-refractivity contribution in [1.29, 1.82) is 0 Å². The van der Waals surface area contributed by atoms with Crippen molar-refractivity contribution in [2.24, 2.45) is 11.5 Å². The highest BCUT2D eigenvalue weighted by Crippen LogP contribution is 2.39. The molecule has 1 spiro atoms.